The molecule has 0 aliphatic rings. The van der Waals surface area contributed by atoms with Gasteiger partial charge in [0.15, 0.2) is 5.76 Å². The third kappa shape index (κ3) is 5.01. The van der Waals surface area contributed by atoms with Gasteiger partial charge in [0.25, 0.3) is 5.91 Å². The first-order chi connectivity index (χ1) is 14.2. The number of amides is 2. The molecule has 0 radical (unpaired) electrons. The number of likely N-dealkylation sites (N-methyl/N-ethyl adjacent to an activating group) is 1. The summed E-state index contributed by atoms with van der Waals surface area (Å²) >= 11 is 0. The smallest absolute Gasteiger partial charge is 0.290 e. The van der Waals surface area contributed by atoms with Gasteiger partial charge in [-0.2, -0.15) is 0 Å². The largest absolute Gasteiger partial charge is 0.451 e. The van der Waals surface area contributed by atoms with Crippen molar-refractivity contribution in [1.82, 2.24) is 4.90 Å². The van der Waals surface area contributed by atoms with E-state index in [4.69, 9.17) is 9.15 Å². The number of halogens is 2. The monoisotopic (exact) mass is 416 g/mol. The topological polar surface area (TPSA) is 71.8 Å². The van der Waals surface area contributed by atoms with E-state index in [1.165, 1.54) is 11.9 Å². The van der Waals surface area contributed by atoms with Gasteiger partial charge in [-0.3, -0.25) is 9.59 Å². The Balaban J connectivity index is 1.77. The van der Waals surface area contributed by atoms with Gasteiger partial charge in [-0.05, 0) is 32.0 Å². The van der Waals surface area contributed by atoms with Crippen molar-refractivity contribution in [2.75, 3.05) is 18.9 Å². The van der Waals surface area contributed by atoms with Gasteiger partial charge in [0, 0.05) is 29.8 Å². The number of carbonyl (C=O) groups excluding carboxylic acids is 2. The van der Waals surface area contributed by atoms with E-state index in [0.29, 0.717) is 17.2 Å². The van der Waals surface area contributed by atoms with Gasteiger partial charge in [-0.25, -0.2) is 8.78 Å². The van der Waals surface area contributed by atoms with E-state index < -0.39 is 23.4 Å². The first-order valence-electron chi connectivity index (χ1n) is 9.38. The van der Waals surface area contributed by atoms with Crippen molar-refractivity contribution in [3.63, 3.8) is 0 Å². The van der Waals surface area contributed by atoms with Crippen LogP contribution in [0.25, 0.3) is 11.0 Å². The lowest BCUT2D eigenvalue weighted by Gasteiger charge is -2.17. The molecule has 1 heterocycles. The van der Waals surface area contributed by atoms with E-state index in [9.17, 15) is 18.4 Å². The third-order valence-electron chi connectivity index (χ3n) is 4.33. The van der Waals surface area contributed by atoms with Crippen LogP contribution in [0.3, 0.4) is 0 Å². The molecule has 0 unspecified atom stereocenters. The second-order valence-electron chi connectivity index (χ2n) is 7.13. The van der Waals surface area contributed by atoms with Crippen LogP contribution in [-0.2, 0) is 16.1 Å². The molecule has 2 amide bonds. The lowest BCUT2D eigenvalue weighted by Crippen LogP contribution is -2.35. The van der Waals surface area contributed by atoms with Gasteiger partial charge >= 0.3 is 0 Å². The van der Waals surface area contributed by atoms with Gasteiger partial charge in [-0.15, -0.1) is 0 Å². The van der Waals surface area contributed by atoms with Crippen molar-refractivity contribution in [2.45, 2.75) is 26.6 Å². The van der Waals surface area contributed by atoms with E-state index in [0.717, 1.165) is 17.5 Å². The molecule has 30 heavy (non-hydrogen) atoms. The minimum atomic E-state index is -0.813. The fourth-order valence-corrected chi connectivity index (χ4v) is 2.95. The number of ether oxygens (including phenoxy) is 1. The maximum atomic E-state index is 13.3. The van der Waals surface area contributed by atoms with Crippen LogP contribution >= 0.6 is 0 Å². The molecule has 0 aliphatic carbocycles. The standard InChI is InChI=1S/C22H22F2N2O4/c1-13(2)29-12-18-17-6-4-5-7-19(17)30-21(18)22(28)26(3)11-20(27)25-16-9-14(23)8-15(24)10-16/h4-10,13H,11-12H2,1-3H3,(H,25,27). The summed E-state index contributed by atoms with van der Waals surface area (Å²) in [5.74, 6) is -2.65. The summed E-state index contributed by atoms with van der Waals surface area (Å²) in [6, 6.07) is 9.89. The number of nitrogens with one attached hydrogen (secondary N) is 1. The molecule has 6 nitrogen and oxygen atoms in total. The predicted octanol–water partition coefficient (Wildman–Crippen LogP) is 4.35. The Kier molecular flexibility index (Phi) is 6.47. The Morgan fingerprint density at radius 1 is 1.13 bits per heavy atom. The number of benzene rings is 2. The lowest BCUT2D eigenvalue weighted by atomic mass is 10.1. The molecular formula is C22H22F2N2O4. The molecule has 0 saturated carbocycles. The lowest BCUT2D eigenvalue weighted by molar-refractivity contribution is -0.116. The number of anilines is 1. The van der Waals surface area contributed by atoms with Gasteiger partial charge in [0.05, 0.1) is 19.3 Å². The van der Waals surface area contributed by atoms with Gasteiger partial charge < -0.3 is 19.4 Å². The zero-order valence-corrected chi connectivity index (χ0v) is 16.9. The summed E-state index contributed by atoms with van der Waals surface area (Å²) in [5, 5.41) is 3.13. The van der Waals surface area contributed by atoms with Crippen molar-refractivity contribution < 1.29 is 27.5 Å². The van der Waals surface area contributed by atoms with E-state index in [1.54, 1.807) is 12.1 Å². The summed E-state index contributed by atoms with van der Waals surface area (Å²) < 4.78 is 38.0. The molecule has 1 N–H and O–H groups in total. The van der Waals surface area contributed by atoms with Crippen LogP contribution in [0.4, 0.5) is 14.5 Å². The molecular weight excluding hydrogens is 394 g/mol. The molecule has 0 fully saturated rings. The summed E-state index contributed by atoms with van der Waals surface area (Å²) in [4.78, 5) is 26.4. The van der Waals surface area contributed by atoms with Crippen LogP contribution < -0.4 is 5.32 Å². The summed E-state index contributed by atoms with van der Waals surface area (Å²) in [5.41, 5.74) is 1.10. The highest BCUT2D eigenvalue weighted by atomic mass is 19.1. The number of hydrogen-bond donors (Lipinski definition) is 1. The van der Waals surface area contributed by atoms with Crippen molar-refractivity contribution in [3.05, 3.63) is 65.4 Å². The number of hydrogen-bond acceptors (Lipinski definition) is 4. The second-order valence-corrected chi connectivity index (χ2v) is 7.13. The molecule has 0 saturated heterocycles. The number of rotatable bonds is 7. The zero-order valence-electron chi connectivity index (χ0n) is 16.9. The van der Waals surface area contributed by atoms with Crippen molar-refractivity contribution in [3.8, 4) is 0 Å². The average molecular weight is 416 g/mol. The van der Waals surface area contributed by atoms with Crippen molar-refractivity contribution in [2.24, 2.45) is 0 Å². The zero-order chi connectivity index (χ0) is 21.8. The molecule has 0 atom stereocenters. The first-order valence-corrected chi connectivity index (χ1v) is 9.38. The SMILES string of the molecule is CC(C)OCc1c(C(=O)N(C)CC(=O)Nc2cc(F)cc(F)c2)oc2ccccc12. The van der Waals surface area contributed by atoms with Gasteiger partial charge in [-0.1, -0.05) is 18.2 Å². The quantitative estimate of drug-likeness (QED) is 0.622. The molecule has 158 valence electrons. The minimum absolute atomic E-state index is 0.0342. The minimum Gasteiger partial charge on any atom is -0.451 e. The van der Waals surface area contributed by atoms with E-state index in [-0.39, 0.29) is 30.7 Å². The number of furan rings is 1. The fraction of sp³-hybridized carbons (Fsp3) is 0.273. The summed E-state index contributed by atoms with van der Waals surface area (Å²) in [7, 11) is 1.44. The molecule has 8 heteroatoms. The second kappa shape index (κ2) is 9.04. The maximum Gasteiger partial charge on any atom is 0.290 e. The predicted molar refractivity (Wildman–Crippen MR) is 108 cm³/mol. The Bertz CT molecular complexity index is 1060. The van der Waals surface area contributed by atoms with Crippen LogP contribution in [-0.4, -0.2) is 36.4 Å². The Labute approximate surface area is 172 Å². The Morgan fingerprint density at radius 3 is 2.47 bits per heavy atom. The first kappa shape index (κ1) is 21.4. The molecule has 3 aromatic rings. The van der Waals surface area contributed by atoms with E-state index in [2.05, 4.69) is 5.32 Å². The van der Waals surface area contributed by atoms with Crippen molar-refractivity contribution >= 4 is 28.5 Å². The van der Waals surface area contributed by atoms with Crippen LogP contribution in [0.2, 0.25) is 0 Å². The highest BCUT2D eigenvalue weighted by molar-refractivity contribution is 6.01. The van der Waals surface area contributed by atoms with Crippen LogP contribution in [0.15, 0.2) is 46.9 Å². The van der Waals surface area contributed by atoms with Crippen LogP contribution in [0, 0.1) is 11.6 Å². The highest BCUT2D eigenvalue weighted by Gasteiger charge is 2.25. The normalized spacial score (nSPS) is 11.1. The number of nitrogens with zero attached hydrogens (tertiary/aromatic N) is 1. The molecule has 0 bridgehead atoms. The molecule has 1 aromatic heterocycles. The van der Waals surface area contributed by atoms with Crippen LogP contribution in [0.1, 0.15) is 30.0 Å². The van der Waals surface area contributed by atoms with E-state index >= 15 is 0 Å². The molecule has 3 rings (SSSR count). The van der Waals surface area contributed by atoms with Gasteiger partial charge in [0.2, 0.25) is 5.91 Å². The summed E-state index contributed by atoms with van der Waals surface area (Å²) in [6.07, 6.45) is -0.0446. The number of carbonyl (C=O) groups is 2. The Hall–Kier alpha value is -3.26. The molecule has 0 spiro atoms. The number of fused-ring (bicyclic) bond motifs is 1. The molecule has 2 aromatic carbocycles. The summed E-state index contributed by atoms with van der Waals surface area (Å²) in [6.45, 7) is 3.61. The van der Waals surface area contributed by atoms with Gasteiger partial charge in [0.1, 0.15) is 17.2 Å². The number of para-hydroxylation sites is 1. The van der Waals surface area contributed by atoms with E-state index in [1.807, 2.05) is 26.0 Å². The van der Waals surface area contributed by atoms with Crippen LogP contribution in [0.5, 0.6) is 0 Å². The molecule has 0 aliphatic heterocycles. The highest BCUT2D eigenvalue weighted by Crippen LogP contribution is 2.28. The fourth-order valence-electron chi connectivity index (χ4n) is 2.95. The van der Waals surface area contributed by atoms with Crippen molar-refractivity contribution in [1.29, 1.82) is 0 Å². The average Bonchev–Trinajstić information content (AvgIpc) is 3.03. The third-order valence-corrected chi connectivity index (χ3v) is 4.33. The maximum absolute atomic E-state index is 13.3. The Morgan fingerprint density at radius 2 is 1.80 bits per heavy atom.